The van der Waals surface area contributed by atoms with Crippen LogP contribution in [0, 0.1) is 5.82 Å². The Morgan fingerprint density at radius 2 is 2.12 bits per heavy atom. The molecule has 1 N–H and O–H groups in total. The quantitative estimate of drug-likeness (QED) is 0.812. The summed E-state index contributed by atoms with van der Waals surface area (Å²) in [4.78, 5) is 0. The van der Waals surface area contributed by atoms with E-state index in [4.69, 9.17) is 9.47 Å². The van der Waals surface area contributed by atoms with E-state index in [0.717, 1.165) is 24.9 Å². The maximum absolute atomic E-state index is 13.9. The van der Waals surface area contributed by atoms with Gasteiger partial charge in [-0.15, -0.1) is 0 Å². The first kappa shape index (κ1) is 10.8. The van der Waals surface area contributed by atoms with Crippen molar-refractivity contribution in [2.45, 2.75) is 25.3 Å². The van der Waals surface area contributed by atoms with Gasteiger partial charge in [0.25, 0.3) is 0 Å². The summed E-state index contributed by atoms with van der Waals surface area (Å²) in [5.41, 5.74) is 0.799. The van der Waals surface area contributed by atoms with Gasteiger partial charge in [-0.3, -0.25) is 0 Å². The largest absolute Gasteiger partial charge is 0.486 e. The monoisotopic (exact) mass is 237 g/mol. The number of ether oxygens (including phenoxy) is 2. The number of hydrogen-bond acceptors (Lipinski definition) is 3. The van der Waals surface area contributed by atoms with Crippen LogP contribution in [0.15, 0.2) is 12.1 Å². The van der Waals surface area contributed by atoms with Crippen molar-refractivity contribution in [3.8, 4) is 11.5 Å². The molecule has 0 bridgehead atoms. The predicted molar refractivity (Wildman–Crippen MR) is 62.0 cm³/mol. The molecule has 1 aromatic rings. The Morgan fingerprint density at radius 1 is 1.29 bits per heavy atom. The number of halogens is 1. The molecule has 1 aromatic carbocycles. The van der Waals surface area contributed by atoms with Gasteiger partial charge in [-0.25, -0.2) is 4.39 Å². The highest BCUT2D eigenvalue weighted by atomic mass is 19.1. The van der Waals surface area contributed by atoms with E-state index < -0.39 is 0 Å². The van der Waals surface area contributed by atoms with Crippen molar-refractivity contribution in [1.29, 1.82) is 0 Å². The molecule has 1 fully saturated rings. The number of nitrogens with one attached hydrogen (secondary N) is 1. The van der Waals surface area contributed by atoms with Crippen molar-refractivity contribution < 1.29 is 13.9 Å². The molecule has 1 atom stereocenters. The van der Waals surface area contributed by atoms with Crippen molar-refractivity contribution in [3.05, 3.63) is 23.5 Å². The average Bonchev–Trinajstić information content (AvgIpc) is 2.78. The van der Waals surface area contributed by atoms with E-state index in [1.54, 1.807) is 6.07 Å². The Kier molecular flexibility index (Phi) is 2.47. The summed E-state index contributed by atoms with van der Waals surface area (Å²) < 4.78 is 24.7. The van der Waals surface area contributed by atoms with Crippen LogP contribution in [0.4, 0.5) is 4.39 Å². The lowest BCUT2D eigenvalue weighted by Gasteiger charge is -2.27. The highest BCUT2D eigenvalue weighted by Gasteiger charge is 2.32. The van der Waals surface area contributed by atoms with Crippen LogP contribution in [-0.2, 0) is 5.54 Å². The Labute approximate surface area is 99.9 Å². The zero-order valence-electron chi connectivity index (χ0n) is 9.88. The molecule has 2 heterocycles. The minimum Gasteiger partial charge on any atom is -0.486 e. The van der Waals surface area contributed by atoms with Crippen molar-refractivity contribution in [2.75, 3.05) is 19.8 Å². The number of fused-ring (bicyclic) bond motifs is 1. The Morgan fingerprint density at radius 3 is 2.88 bits per heavy atom. The molecule has 1 unspecified atom stereocenters. The number of benzene rings is 1. The van der Waals surface area contributed by atoms with Gasteiger partial charge in [0.15, 0.2) is 17.3 Å². The van der Waals surface area contributed by atoms with Crippen LogP contribution in [-0.4, -0.2) is 19.8 Å². The molecule has 4 heteroatoms. The number of rotatable bonds is 1. The summed E-state index contributed by atoms with van der Waals surface area (Å²) in [6.07, 6.45) is 2.14. The zero-order valence-corrected chi connectivity index (χ0v) is 9.88. The lowest BCUT2D eigenvalue weighted by Crippen LogP contribution is -2.33. The first-order chi connectivity index (χ1) is 8.19. The fourth-order valence-corrected chi connectivity index (χ4v) is 2.57. The first-order valence-corrected chi connectivity index (χ1v) is 6.04. The van der Waals surface area contributed by atoms with E-state index in [0.29, 0.717) is 19.0 Å². The molecule has 2 aliphatic heterocycles. The molecule has 0 radical (unpaired) electrons. The maximum atomic E-state index is 13.9. The van der Waals surface area contributed by atoms with Gasteiger partial charge in [0.1, 0.15) is 13.2 Å². The van der Waals surface area contributed by atoms with E-state index in [9.17, 15) is 4.39 Å². The summed E-state index contributed by atoms with van der Waals surface area (Å²) >= 11 is 0. The van der Waals surface area contributed by atoms with Crippen molar-refractivity contribution in [1.82, 2.24) is 5.32 Å². The van der Waals surface area contributed by atoms with Gasteiger partial charge in [-0.1, -0.05) is 0 Å². The first-order valence-electron chi connectivity index (χ1n) is 6.04. The lowest BCUT2D eigenvalue weighted by molar-refractivity contribution is 0.163. The molecule has 0 aliphatic carbocycles. The molecule has 0 aromatic heterocycles. The van der Waals surface area contributed by atoms with Gasteiger partial charge >= 0.3 is 0 Å². The molecule has 3 rings (SSSR count). The smallest absolute Gasteiger partial charge is 0.197 e. The van der Waals surface area contributed by atoms with Crippen LogP contribution in [0.5, 0.6) is 11.5 Å². The molecular weight excluding hydrogens is 221 g/mol. The lowest BCUT2D eigenvalue weighted by atomic mass is 9.90. The summed E-state index contributed by atoms with van der Waals surface area (Å²) in [6, 6.07) is 3.46. The Balaban J connectivity index is 2.04. The van der Waals surface area contributed by atoms with Crippen LogP contribution < -0.4 is 14.8 Å². The van der Waals surface area contributed by atoms with Crippen LogP contribution in [0.3, 0.4) is 0 Å². The third-order valence-electron chi connectivity index (χ3n) is 3.60. The SMILES string of the molecule is CC1(c2cc(F)c3c(c2)OCCO3)CCCN1. The molecule has 2 aliphatic rings. The van der Waals surface area contributed by atoms with Gasteiger partial charge in [-0.05, 0) is 44.0 Å². The predicted octanol–water partition coefficient (Wildman–Crippen LogP) is 2.20. The molecule has 0 spiro atoms. The topological polar surface area (TPSA) is 30.5 Å². The van der Waals surface area contributed by atoms with Crippen LogP contribution in [0.1, 0.15) is 25.3 Å². The number of hydrogen-bond donors (Lipinski definition) is 1. The fourth-order valence-electron chi connectivity index (χ4n) is 2.57. The van der Waals surface area contributed by atoms with Crippen molar-refractivity contribution in [2.24, 2.45) is 0 Å². The van der Waals surface area contributed by atoms with Crippen molar-refractivity contribution in [3.63, 3.8) is 0 Å². The van der Waals surface area contributed by atoms with Crippen molar-refractivity contribution >= 4 is 0 Å². The highest BCUT2D eigenvalue weighted by Crippen LogP contribution is 2.39. The van der Waals surface area contributed by atoms with Gasteiger partial charge in [0.2, 0.25) is 0 Å². The molecule has 0 saturated carbocycles. The van der Waals surface area contributed by atoms with E-state index in [1.165, 1.54) is 0 Å². The van der Waals surface area contributed by atoms with E-state index in [1.807, 2.05) is 6.07 Å². The van der Waals surface area contributed by atoms with Gasteiger partial charge < -0.3 is 14.8 Å². The van der Waals surface area contributed by atoms with Gasteiger partial charge in [-0.2, -0.15) is 0 Å². The molecule has 1 saturated heterocycles. The van der Waals surface area contributed by atoms with Gasteiger partial charge in [0, 0.05) is 5.54 Å². The normalized spacial score (nSPS) is 27.2. The molecule has 0 amide bonds. The molecule has 17 heavy (non-hydrogen) atoms. The van der Waals surface area contributed by atoms with Crippen LogP contribution >= 0.6 is 0 Å². The summed E-state index contributed by atoms with van der Waals surface area (Å²) in [6.45, 7) is 3.98. The zero-order chi connectivity index (χ0) is 11.9. The second kappa shape index (κ2) is 3.88. The maximum Gasteiger partial charge on any atom is 0.197 e. The summed E-state index contributed by atoms with van der Waals surface area (Å²) in [7, 11) is 0. The van der Waals surface area contributed by atoms with E-state index >= 15 is 0 Å². The van der Waals surface area contributed by atoms with Crippen LogP contribution in [0.2, 0.25) is 0 Å². The second-order valence-electron chi connectivity index (χ2n) is 4.84. The molecule has 92 valence electrons. The minimum absolute atomic E-state index is 0.142. The Hall–Kier alpha value is -1.29. The Bertz CT molecular complexity index is 441. The second-order valence-corrected chi connectivity index (χ2v) is 4.84. The van der Waals surface area contributed by atoms with Gasteiger partial charge in [0.05, 0.1) is 0 Å². The van der Waals surface area contributed by atoms with E-state index in [2.05, 4.69) is 12.2 Å². The van der Waals surface area contributed by atoms with Crippen LogP contribution in [0.25, 0.3) is 0 Å². The summed E-state index contributed by atoms with van der Waals surface area (Å²) in [5.74, 6) is 0.454. The fraction of sp³-hybridized carbons (Fsp3) is 0.538. The highest BCUT2D eigenvalue weighted by molar-refractivity contribution is 5.47. The summed E-state index contributed by atoms with van der Waals surface area (Å²) in [5, 5.41) is 3.42. The molecule has 3 nitrogen and oxygen atoms in total. The third kappa shape index (κ3) is 1.76. The minimum atomic E-state index is -0.327. The molecular formula is C13H16FNO2. The average molecular weight is 237 g/mol. The van der Waals surface area contributed by atoms with E-state index in [-0.39, 0.29) is 17.1 Å². The third-order valence-corrected chi connectivity index (χ3v) is 3.60. The standard InChI is InChI=1S/C13H16FNO2/c1-13(3-2-4-15-13)9-7-10(14)12-11(8-9)16-5-6-17-12/h7-8,15H,2-6H2,1H3.